The second-order valence-corrected chi connectivity index (χ2v) is 5.31. The highest BCUT2D eigenvalue weighted by Gasteiger charge is 2.31. The molecule has 1 saturated heterocycles. The van der Waals surface area contributed by atoms with E-state index >= 15 is 0 Å². The first-order valence-electron chi connectivity index (χ1n) is 7.18. The van der Waals surface area contributed by atoms with Crippen LogP contribution < -0.4 is 0 Å². The van der Waals surface area contributed by atoms with Crippen LogP contribution in [-0.4, -0.2) is 30.6 Å². The minimum absolute atomic E-state index is 0.122. The highest BCUT2D eigenvalue weighted by molar-refractivity contribution is 5.77. The SMILES string of the molecule is CCOC(=O)[C@H](c1ccccc1)N1CCC[C@H](C)C1. The molecule has 0 bridgehead atoms. The van der Waals surface area contributed by atoms with Crippen molar-refractivity contribution >= 4 is 5.97 Å². The Kier molecular flexibility index (Phi) is 4.97. The molecule has 1 aromatic rings. The van der Waals surface area contributed by atoms with Gasteiger partial charge in [-0.25, -0.2) is 4.79 Å². The molecule has 0 amide bonds. The zero-order valence-corrected chi connectivity index (χ0v) is 11.8. The maximum atomic E-state index is 12.3. The Balaban J connectivity index is 2.21. The third-order valence-electron chi connectivity index (χ3n) is 3.68. The van der Waals surface area contributed by atoms with Gasteiger partial charge in [0.05, 0.1) is 6.61 Å². The number of rotatable bonds is 4. The van der Waals surface area contributed by atoms with Crippen LogP contribution in [0.1, 0.15) is 38.3 Å². The Morgan fingerprint density at radius 1 is 1.42 bits per heavy atom. The summed E-state index contributed by atoms with van der Waals surface area (Å²) in [4.78, 5) is 14.6. The average molecular weight is 261 g/mol. The fourth-order valence-electron chi connectivity index (χ4n) is 2.81. The van der Waals surface area contributed by atoms with E-state index in [9.17, 15) is 4.79 Å². The van der Waals surface area contributed by atoms with E-state index in [1.165, 1.54) is 6.42 Å². The first kappa shape index (κ1) is 14.1. The molecular formula is C16H23NO2. The Labute approximate surface area is 115 Å². The van der Waals surface area contributed by atoms with Crippen LogP contribution in [0.2, 0.25) is 0 Å². The summed E-state index contributed by atoms with van der Waals surface area (Å²) in [6, 6.07) is 9.72. The van der Waals surface area contributed by atoms with Crippen molar-refractivity contribution in [3.8, 4) is 0 Å². The molecule has 1 aliphatic rings. The van der Waals surface area contributed by atoms with Gasteiger partial charge in [0.25, 0.3) is 0 Å². The summed E-state index contributed by atoms with van der Waals surface area (Å²) in [5.74, 6) is 0.525. The van der Waals surface area contributed by atoms with Gasteiger partial charge in [0.1, 0.15) is 6.04 Å². The molecule has 104 valence electrons. The summed E-state index contributed by atoms with van der Waals surface area (Å²) in [6.45, 7) is 6.49. The van der Waals surface area contributed by atoms with Crippen molar-refractivity contribution in [3.05, 3.63) is 35.9 Å². The van der Waals surface area contributed by atoms with Crippen LogP contribution in [0.25, 0.3) is 0 Å². The number of ether oxygens (including phenoxy) is 1. The predicted molar refractivity (Wildman–Crippen MR) is 75.8 cm³/mol. The lowest BCUT2D eigenvalue weighted by Crippen LogP contribution is -2.41. The fourth-order valence-corrected chi connectivity index (χ4v) is 2.81. The van der Waals surface area contributed by atoms with Crippen molar-refractivity contribution in [1.29, 1.82) is 0 Å². The monoisotopic (exact) mass is 261 g/mol. The topological polar surface area (TPSA) is 29.5 Å². The number of esters is 1. The van der Waals surface area contributed by atoms with E-state index in [0.717, 1.165) is 25.1 Å². The Bertz CT molecular complexity index is 404. The highest BCUT2D eigenvalue weighted by atomic mass is 16.5. The van der Waals surface area contributed by atoms with Crippen LogP contribution in [0, 0.1) is 5.92 Å². The highest BCUT2D eigenvalue weighted by Crippen LogP contribution is 2.27. The molecule has 0 aromatic heterocycles. The quantitative estimate of drug-likeness (QED) is 0.780. The van der Waals surface area contributed by atoms with Crippen LogP contribution in [-0.2, 0) is 9.53 Å². The van der Waals surface area contributed by atoms with Crippen LogP contribution in [0.5, 0.6) is 0 Å². The lowest BCUT2D eigenvalue weighted by Gasteiger charge is -2.36. The number of hydrogen-bond acceptors (Lipinski definition) is 3. The summed E-state index contributed by atoms with van der Waals surface area (Å²) in [6.07, 6.45) is 2.41. The molecule has 1 aromatic carbocycles. The van der Waals surface area contributed by atoms with E-state index in [2.05, 4.69) is 11.8 Å². The van der Waals surface area contributed by atoms with Gasteiger partial charge in [-0.05, 0) is 37.8 Å². The molecule has 1 heterocycles. The van der Waals surface area contributed by atoms with Gasteiger partial charge in [-0.1, -0.05) is 37.3 Å². The molecule has 0 N–H and O–H groups in total. The largest absolute Gasteiger partial charge is 0.465 e. The van der Waals surface area contributed by atoms with Crippen LogP contribution in [0.15, 0.2) is 30.3 Å². The number of hydrogen-bond donors (Lipinski definition) is 0. The molecule has 0 unspecified atom stereocenters. The zero-order chi connectivity index (χ0) is 13.7. The van der Waals surface area contributed by atoms with E-state index in [4.69, 9.17) is 4.74 Å². The van der Waals surface area contributed by atoms with Crippen molar-refractivity contribution in [1.82, 2.24) is 4.90 Å². The number of carbonyl (C=O) groups is 1. The van der Waals surface area contributed by atoms with Gasteiger partial charge in [-0.3, -0.25) is 4.90 Å². The maximum absolute atomic E-state index is 12.3. The second kappa shape index (κ2) is 6.71. The zero-order valence-electron chi connectivity index (χ0n) is 11.8. The Hall–Kier alpha value is -1.35. The number of benzene rings is 1. The van der Waals surface area contributed by atoms with Gasteiger partial charge in [0, 0.05) is 6.54 Å². The molecule has 3 heteroatoms. The molecule has 1 aliphatic heterocycles. The fraction of sp³-hybridized carbons (Fsp3) is 0.562. The Morgan fingerprint density at radius 3 is 2.79 bits per heavy atom. The van der Waals surface area contributed by atoms with Crippen LogP contribution in [0.3, 0.4) is 0 Å². The van der Waals surface area contributed by atoms with Crippen molar-refractivity contribution in [2.45, 2.75) is 32.7 Å². The first-order chi connectivity index (χ1) is 9.22. The summed E-state index contributed by atoms with van der Waals surface area (Å²) < 4.78 is 5.27. The van der Waals surface area contributed by atoms with Gasteiger partial charge in [0.2, 0.25) is 0 Å². The molecule has 0 aliphatic carbocycles. The number of piperidine rings is 1. The standard InChI is InChI=1S/C16H23NO2/c1-3-19-16(18)15(14-9-5-4-6-10-14)17-11-7-8-13(2)12-17/h4-6,9-10,13,15H,3,7-8,11-12H2,1-2H3/t13-,15-/m0/s1. The average Bonchev–Trinajstić information content (AvgIpc) is 2.40. The number of likely N-dealkylation sites (tertiary alicyclic amines) is 1. The third kappa shape index (κ3) is 3.57. The summed E-state index contributed by atoms with van der Waals surface area (Å²) >= 11 is 0. The normalized spacial score (nSPS) is 21.9. The molecule has 0 saturated carbocycles. The van der Waals surface area contributed by atoms with Crippen molar-refractivity contribution in [2.75, 3.05) is 19.7 Å². The van der Waals surface area contributed by atoms with Crippen molar-refractivity contribution in [3.63, 3.8) is 0 Å². The Morgan fingerprint density at radius 2 is 2.16 bits per heavy atom. The first-order valence-corrected chi connectivity index (χ1v) is 7.18. The lowest BCUT2D eigenvalue weighted by atomic mass is 9.96. The van der Waals surface area contributed by atoms with E-state index in [-0.39, 0.29) is 12.0 Å². The number of nitrogens with zero attached hydrogens (tertiary/aromatic N) is 1. The summed E-state index contributed by atoms with van der Waals surface area (Å²) in [7, 11) is 0. The van der Waals surface area contributed by atoms with E-state index < -0.39 is 0 Å². The van der Waals surface area contributed by atoms with Gasteiger partial charge >= 0.3 is 5.97 Å². The van der Waals surface area contributed by atoms with E-state index in [1.54, 1.807) is 0 Å². The number of carbonyl (C=O) groups excluding carboxylic acids is 1. The summed E-state index contributed by atoms with van der Waals surface area (Å²) in [5, 5.41) is 0. The van der Waals surface area contributed by atoms with E-state index in [1.807, 2.05) is 37.3 Å². The smallest absolute Gasteiger partial charge is 0.327 e. The molecule has 19 heavy (non-hydrogen) atoms. The molecule has 2 rings (SSSR count). The second-order valence-electron chi connectivity index (χ2n) is 5.31. The maximum Gasteiger partial charge on any atom is 0.327 e. The van der Waals surface area contributed by atoms with Crippen LogP contribution >= 0.6 is 0 Å². The minimum atomic E-state index is -0.246. The summed E-state index contributed by atoms with van der Waals surface area (Å²) in [5.41, 5.74) is 1.04. The van der Waals surface area contributed by atoms with Gasteiger partial charge in [-0.2, -0.15) is 0 Å². The molecule has 0 radical (unpaired) electrons. The molecule has 1 fully saturated rings. The van der Waals surface area contributed by atoms with E-state index in [0.29, 0.717) is 12.5 Å². The van der Waals surface area contributed by atoms with Gasteiger partial charge < -0.3 is 4.74 Å². The van der Waals surface area contributed by atoms with Gasteiger partial charge in [-0.15, -0.1) is 0 Å². The molecule has 2 atom stereocenters. The molecule has 0 spiro atoms. The molecular weight excluding hydrogens is 238 g/mol. The predicted octanol–water partition coefficient (Wildman–Crippen LogP) is 3.02. The minimum Gasteiger partial charge on any atom is -0.465 e. The molecule has 3 nitrogen and oxygen atoms in total. The van der Waals surface area contributed by atoms with Crippen molar-refractivity contribution in [2.24, 2.45) is 5.92 Å². The third-order valence-corrected chi connectivity index (χ3v) is 3.68. The van der Waals surface area contributed by atoms with Gasteiger partial charge in [0.15, 0.2) is 0 Å². The van der Waals surface area contributed by atoms with Crippen LogP contribution in [0.4, 0.5) is 0 Å². The lowest BCUT2D eigenvalue weighted by molar-refractivity contribution is -0.150. The van der Waals surface area contributed by atoms with Crippen molar-refractivity contribution < 1.29 is 9.53 Å².